The number of carbonyl (C=O) groups excluding carboxylic acids is 1. The summed E-state index contributed by atoms with van der Waals surface area (Å²) in [6.45, 7) is 7.97. The summed E-state index contributed by atoms with van der Waals surface area (Å²) < 4.78 is 7.57. The molecule has 39 heavy (non-hydrogen) atoms. The molecule has 1 aromatic carbocycles. The van der Waals surface area contributed by atoms with Gasteiger partial charge in [0.15, 0.2) is 5.65 Å². The van der Waals surface area contributed by atoms with Crippen LogP contribution in [0.2, 0.25) is 5.02 Å². The molecule has 0 saturated carbocycles. The van der Waals surface area contributed by atoms with E-state index < -0.39 is 0 Å². The van der Waals surface area contributed by atoms with E-state index in [1.165, 1.54) is 0 Å². The highest BCUT2D eigenvalue weighted by atomic mass is 35.5. The molecule has 0 unspecified atom stereocenters. The van der Waals surface area contributed by atoms with Crippen molar-refractivity contribution in [2.75, 3.05) is 24.6 Å². The van der Waals surface area contributed by atoms with Gasteiger partial charge < -0.3 is 15.0 Å². The van der Waals surface area contributed by atoms with Gasteiger partial charge in [-0.05, 0) is 51.3 Å². The minimum absolute atomic E-state index is 0.134. The summed E-state index contributed by atoms with van der Waals surface area (Å²) in [6.07, 6.45) is 8.76. The Morgan fingerprint density at radius 3 is 2.74 bits per heavy atom. The summed E-state index contributed by atoms with van der Waals surface area (Å²) in [6, 6.07) is 7.47. The largest absolute Gasteiger partial charge is 0.492 e. The molecule has 1 aliphatic heterocycles. The number of ether oxygens (including phenoxy) is 1. The summed E-state index contributed by atoms with van der Waals surface area (Å²) in [4.78, 5) is 24.8. The van der Waals surface area contributed by atoms with Crippen LogP contribution in [0.4, 0.5) is 5.82 Å². The maximum absolute atomic E-state index is 13.0. The number of carbonyl (C=O) groups is 1. The van der Waals surface area contributed by atoms with Crippen molar-refractivity contribution in [1.82, 2.24) is 35.1 Å². The highest BCUT2D eigenvalue weighted by Gasteiger charge is 2.33. The number of H-pyrrole nitrogens is 1. The second-order valence-electron chi connectivity index (χ2n) is 10.1. The zero-order valence-corrected chi connectivity index (χ0v) is 22.8. The first-order valence-corrected chi connectivity index (χ1v) is 13.4. The molecule has 0 spiro atoms. The Bertz CT molecular complexity index is 1650. The predicted molar refractivity (Wildman–Crippen MR) is 151 cm³/mol. The highest BCUT2D eigenvalue weighted by molar-refractivity contribution is 6.34. The molecule has 1 fully saturated rings. The van der Waals surface area contributed by atoms with Gasteiger partial charge in [0.2, 0.25) is 0 Å². The lowest BCUT2D eigenvalue weighted by atomic mass is 9.89. The van der Waals surface area contributed by atoms with Gasteiger partial charge in [-0.15, -0.1) is 5.10 Å². The van der Waals surface area contributed by atoms with Crippen molar-refractivity contribution >= 4 is 39.9 Å². The summed E-state index contributed by atoms with van der Waals surface area (Å²) in [5.74, 6) is 1.37. The van der Waals surface area contributed by atoms with Gasteiger partial charge in [0.05, 0.1) is 58.6 Å². The van der Waals surface area contributed by atoms with Gasteiger partial charge in [-0.3, -0.25) is 14.9 Å². The smallest absolute Gasteiger partial charge is 0.253 e. The number of nitrogens with one attached hydrogen (secondary N) is 2. The van der Waals surface area contributed by atoms with Crippen LogP contribution in [-0.4, -0.2) is 60.9 Å². The van der Waals surface area contributed by atoms with E-state index in [1.807, 2.05) is 38.2 Å². The molecule has 5 aromatic rings. The van der Waals surface area contributed by atoms with Crippen LogP contribution >= 0.6 is 11.6 Å². The Morgan fingerprint density at radius 2 is 2.03 bits per heavy atom. The number of piperidine rings is 1. The standard InChI is InChI=1S/C28H29ClN8O2/c1-4-39-18-12-19(25-20-13-32-34-26(20)35-37(25)16-18)22-14-31-23(15-30-22)36-10-8-28(3,9-11-36)33-27(38)24-17(2)6-5-7-21(24)29/h5-7,12-16H,4,8-11H2,1-3H3,(H,33,38)(H,34,35). The van der Waals surface area contributed by atoms with E-state index in [9.17, 15) is 4.79 Å². The monoisotopic (exact) mass is 544 g/mol. The number of aromatic amines is 1. The molecule has 11 heteroatoms. The van der Waals surface area contributed by atoms with Crippen molar-refractivity contribution in [2.45, 2.75) is 39.2 Å². The lowest BCUT2D eigenvalue weighted by Gasteiger charge is -2.40. The zero-order valence-electron chi connectivity index (χ0n) is 22.0. The molecule has 10 nitrogen and oxygen atoms in total. The van der Waals surface area contributed by atoms with Crippen molar-refractivity contribution in [3.63, 3.8) is 0 Å². The number of anilines is 1. The molecular formula is C28H29ClN8O2. The van der Waals surface area contributed by atoms with E-state index >= 15 is 0 Å². The Hall–Kier alpha value is -4.18. The molecular weight excluding hydrogens is 516 g/mol. The van der Waals surface area contributed by atoms with Crippen LogP contribution in [-0.2, 0) is 0 Å². The summed E-state index contributed by atoms with van der Waals surface area (Å²) in [7, 11) is 0. The second-order valence-corrected chi connectivity index (χ2v) is 10.5. The lowest BCUT2D eigenvalue weighted by Crippen LogP contribution is -2.53. The number of benzene rings is 1. The van der Waals surface area contributed by atoms with E-state index in [-0.39, 0.29) is 11.4 Å². The van der Waals surface area contributed by atoms with Crippen LogP contribution in [0, 0.1) is 6.92 Å². The number of aryl methyl sites for hydroxylation is 1. The average Bonchev–Trinajstić information content (AvgIpc) is 3.50. The number of amides is 1. The topological polar surface area (TPSA) is 113 Å². The van der Waals surface area contributed by atoms with Crippen molar-refractivity contribution in [3.8, 4) is 17.0 Å². The average molecular weight is 545 g/mol. The molecule has 6 rings (SSSR count). The number of pyridine rings is 1. The van der Waals surface area contributed by atoms with Crippen LogP contribution < -0.4 is 15.0 Å². The van der Waals surface area contributed by atoms with Gasteiger partial charge in [-0.1, -0.05) is 23.7 Å². The van der Waals surface area contributed by atoms with E-state index in [1.54, 1.807) is 29.2 Å². The fourth-order valence-electron chi connectivity index (χ4n) is 5.22. The minimum atomic E-state index is -0.337. The van der Waals surface area contributed by atoms with Crippen LogP contribution in [0.15, 0.2) is 49.1 Å². The first-order valence-electron chi connectivity index (χ1n) is 13.0. The third-order valence-corrected chi connectivity index (χ3v) is 7.70. The number of halogens is 1. The molecule has 0 radical (unpaired) electrons. The maximum atomic E-state index is 13.0. The molecule has 200 valence electrons. The normalized spacial score (nSPS) is 15.1. The SMILES string of the molecule is CCOc1cc(-c2cnc(N3CCC(C)(NC(=O)c4c(C)cccc4Cl)CC3)cn2)c2c3cn[nH]c3nn2c1. The van der Waals surface area contributed by atoms with E-state index in [2.05, 4.69) is 32.4 Å². The lowest BCUT2D eigenvalue weighted by molar-refractivity contribution is 0.0891. The summed E-state index contributed by atoms with van der Waals surface area (Å²) in [5.41, 5.74) is 4.24. The Labute approximate surface area is 230 Å². The molecule has 4 aromatic heterocycles. The van der Waals surface area contributed by atoms with Gasteiger partial charge in [0.25, 0.3) is 5.91 Å². The number of hydrogen-bond acceptors (Lipinski definition) is 7. The summed E-state index contributed by atoms with van der Waals surface area (Å²) >= 11 is 6.32. The minimum Gasteiger partial charge on any atom is -0.492 e. The van der Waals surface area contributed by atoms with Crippen LogP contribution in [0.1, 0.15) is 42.6 Å². The molecule has 0 atom stereocenters. The van der Waals surface area contributed by atoms with Gasteiger partial charge in [-0.25, -0.2) is 9.50 Å². The van der Waals surface area contributed by atoms with Gasteiger partial charge in [0.1, 0.15) is 11.6 Å². The third kappa shape index (κ3) is 4.65. The Kier molecular flexibility index (Phi) is 6.34. The molecule has 1 amide bonds. The molecule has 2 N–H and O–H groups in total. The number of fused-ring (bicyclic) bond motifs is 3. The predicted octanol–water partition coefficient (Wildman–Crippen LogP) is 4.82. The van der Waals surface area contributed by atoms with Crippen molar-refractivity contribution in [1.29, 1.82) is 0 Å². The van der Waals surface area contributed by atoms with E-state index in [4.69, 9.17) is 26.3 Å². The molecule has 0 aliphatic carbocycles. The van der Waals surface area contributed by atoms with Crippen molar-refractivity contribution < 1.29 is 9.53 Å². The Morgan fingerprint density at radius 1 is 1.21 bits per heavy atom. The first kappa shape index (κ1) is 25.1. The molecule has 0 bridgehead atoms. The number of aromatic nitrogens is 6. The molecule has 5 heterocycles. The van der Waals surface area contributed by atoms with Gasteiger partial charge >= 0.3 is 0 Å². The van der Waals surface area contributed by atoms with E-state index in [0.29, 0.717) is 28.6 Å². The van der Waals surface area contributed by atoms with E-state index in [0.717, 1.165) is 59.5 Å². The third-order valence-electron chi connectivity index (χ3n) is 7.38. The highest BCUT2D eigenvalue weighted by Crippen LogP contribution is 2.33. The van der Waals surface area contributed by atoms with Crippen molar-refractivity contribution in [2.24, 2.45) is 0 Å². The van der Waals surface area contributed by atoms with Gasteiger partial charge in [-0.2, -0.15) is 5.10 Å². The first-order chi connectivity index (χ1) is 18.8. The fraction of sp³-hybridized carbons (Fsp3) is 0.321. The van der Waals surface area contributed by atoms with Crippen molar-refractivity contribution in [3.05, 3.63) is 65.2 Å². The number of rotatable bonds is 6. The number of nitrogens with zero attached hydrogens (tertiary/aromatic N) is 6. The van der Waals surface area contributed by atoms with Gasteiger partial charge in [0, 0.05) is 24.2 Å². The van der Waals surface area contributed by atoms with Crippen LogP contribution in [0.25, 0.3) is 27.8 Å². The zero-order chi connectivity index (χ0) is 27.1. The maximum Gasteiger partial charge on any atom is 0.253 e. The fourth-order valence-corrected chi connectivity index (χ4v) is 5.52. The number of hydrogen-bond donors (Lipinski definition) is 2. The van der Waals surface area contributed by atoms with Crippen LogP contribution in [0.5, 0.6) is 5.75 Å². The summed E-state index contributed by atoms with van der Waals surface area (Å²) in [5, 5.41) is 16.2. The second kappa shape index (κ2) is 9.85. The quantitative estimate of drug-likeness (QED) is 0.315. The molecule has 1 saturated heterocycles. The van der Waals surface area contributed by atoms with Crippen LogP contribution in [0.3, 0.4) is 0 Å². The Balaban J connectivity index is 1.20. The molecule has 1 aliphatic rings.